The molecule has 0 unspecified atom stereocenters. The molecule has 1 aliphatic rings. The molecule has 1 aromatic heterocycles. The van der Waals surface area contributed by atoms with Crippen LogP contribution in [0.25, 0.3) is 0 Å². The molecule has 0 radical (unpaired) electrons. The van der Waals surface area contributed by atoms with Gasteiger partial charge in [0.15, 0.2) is 0 Å². The summed E-state index contributed by atoms with van der Waals surface area (Å²) in [5.41, 5.74) is 0.455. The Morgan fingerprint density at radius 3 is 2.94 bits per heavy atom. The van der Waals surface area contributed by atoms with Crippen molar-refractivity contribution in [2.24, 2.45) is 0 Å². The van der Waals surface area contributed by atoms with E-state index in [-0.39, 0.29) is 18.7 Å². The van der Waals surface area contributed by atoms with Crippen molar-refractivity contribution in [3.05, 3.63) is 21.0 Å². The molecule has 0 atom stereocenters. The molecule has 18 heavy (non-hydrogen) atoms. The number of nitrogens with one attached hydrogen (secondary N) is 2. The number of aliphatic hydroxyl groups excluding tert-OH is 1. The normalized spacial score (nSPS) is 14.8. The van der Waals surface area contributed by atoms with E-state index < -0.39 is 0 Å². The second-order valence-electron chi connectivity index (χ2n) is 4.28. The third-order valence-corrected chi connectivity index (χ3v) is 3.51. The van der Waals surface area contributed by atoms with Crippen LogP contribution in [-0.2, 0) is 6.54 Å². The van der Waals surface area contributed by atoms with Crippen LogP contribution in [0.4, 0.5) is 5.69 Å². The van der Waals surface area contributed by atoms with Crippen molar-refractivity contribution >= 4 is 21.6 Å². The molecular formula is C11H17BrN4O2. The van der Waals surface area contributed by atoms with Crippen LogP contribution in [0.3, 0.4) is 0 Å². The van der Waals surface area contributed by atoms with Crippen LogP contribution in [0.15, 0.2) is 15.5 Å². The van der Waals surface area contributed by atoms with Crippen LogP contribution in [0.1, 0.15) is 12.8 Å². The Balaban J connectivity index is 1.91. The van der Waals surface area contributed by atoms with E-state index in [0.29, 0.717) is 16.2 Å². The van der Waals surface area contributed by atoms with Crippen LogP contribution in [-0.4, -0.2) is 40.6 Å². The number of anilines is 1. The van der Waals surface area contributed by atoms with E-state index in [1.807, 2.05) is 0 Å². The molecule has 0 aliphatic heterocycles. The fourth-order valence-corrected chi connectivity index (χ4v) is 2.05. The monoisotopic (exact) mass is 316 g/mol. The van der Waals surface area contributed by atoms with E-state index in [1.54, 1.807) is 6.20 Å². The lowest BCUT2D eigenvalue weighted by molar-refractivity contribution is 0.266. The van der Waals surface area contributed by atoms with Gasteiger partial charge in [-0.15, -0.1) is 0 Å². The van der Waals surface area contributed by atoms with Crippen LogP contribution >= 0.6 is 15.9 Å². The van der Waals surface area contributed by atoms with Gasteiger partial charge in [-0.3, -0.25) is 4.79 Å². The van der Waals surface area contributed by atoms with E-state index in [2.05, 4.69) is 31.7 Å². The number of aliphatic hydroxyl groups is 1. The average Bonchev–Trinajstić information content (AvgIpc) is 3.17. The maximum absolute atomic E-state index is 11.8. The van der Waals surface area contributed by atoms with E-state index in [0.717, 1.165) is 13.1 Å². The summed E-state index contributed by atoms with van der Waals surface area (Å²) in [6, 6.07) is 0.686. The molecule has 0 saturated heterocycles. The van der Waals surface area contributed by atoms with Crippen LogP contribution < -0.4 is 16.2 Å². The number of rotatable bonds is 7. The topological polar surface area (TPSA) is 79.2 Å². The molecule has 1 aromatic rings. The zero-order valence-corrected chi connectivity index (χ0v) is 11.6. The quantitative estimate of drug-likeness (QED) is 0.625. The van der Waals surface area contributed by atoms with E-state index in [1.165, 1.54) is 17.5 Å². The lowest BCUT2D eigenvalue weighted by Gasteiger charge is -2.10. The summed E-state index contributed by atoms with van der Waals surface area (Å²) >= 11 is 3.26. The third-order valence-electron chi connectivity index (χ3n) is 2.75. The molecule has 0 bridgehead atoms. The first-order chi connectivity index (χ1) is 8.72. The average molecular weight is 317 g/mol. The van der Waals surface area contributed by atoms with Crippen molar-refractivity contribution < 1.29 is 5.11 Å². The van der Waals surface area contributed by atoms with Crippen molar-refractivity contribution in [3.8, 4) is 0 Å². The van der Waals surface area contributed by atoms with Gasteiger partial charge in [-0.2, -0.15) is 5.10 Å². The fourth-order valence-electron chi connectivity index (χ4n) is 1.60. The number of hydrogen-bond acceptors (Lipinski definition) is 5. The molecule has 7 heteroatoms. The van der Waals surface area contributed by atoms with Gasteiger partial charge in [-0.25, -0.2) is 4.68 Å². The van der Waals surface area contributed by atoms with Gasteiger partial charge in [0.1, 0.15) is 4.47 Å². The number of nitrogens with zero attached hydrogens (tertiary/aromatic N) is 2. The van der Waals surface area contributed by atoms with Crippen molar-refractivity contribution in [3.63, 3.8) is 0 Å². The molecule has 6 nitrogen and oxygen atoms in total. The SMILES string of the molecule is O=c1c(Br)c(NCCNC2CC2)cnn1CCO. The molecule has 0 amide bonds. The van der Waals surface area contributed by atoms with E-state index in [9.17, 15) is 4.79 Å². The molecule has 0 spiro atoms. The standard InChI is InChI=1S/C11H17BrN4O2/c12-10-9(14-4-3-13-8-1-2-8)7-15-16(5-6-17)11(10)18/h7-8,13-14,17H,1-6H2. The highest BCUT2D eigenvalue weighted by atomic mass is 79.9. The smallest absolute Gasteiger partial charge is 0.283 e. The Kier molecular flexibility index (Phi) is 4.73. The van der Waals surface area contributed by atoms with E-state index in [4.69, 9.17) is 5.11 Å². The van der Waals surface area contributed by atoms with Gasteiger partial charge in [-0.05, 0) is 28.8 Å². The first kappa shape index (κ1) is 13.5. The number of halogens is 1. The molecule has 0 aromatic carbocycles. The highest BCUT2D eigenvalue weighted by Gasteiger charge is 2.19. The van der Waals surface area contributed by atoms with Gasteiger partial charge >= 0.3 is 0 Å². The Morgan fingerprint density at radius 2 is 2.28 bits per heavy atom. The molecule has 2 rings (SSSR count). The lowest BCUT2D eigenvalue weighted by Crippen LogP contribution is -2.28. The van der Waals surface area contributed by atoms with Crippen molar-refractivity contribution in [1.82, 2.24) is 15.1 Å². The highest BCUT2D eigenvalue weighted by Crippen LogP contribution is 2.18. The predicted octanol–water partition coefficient (Wildman–Crippen LogP) is 0.162. The Labute approximate surface area is 114 Å². The molecular weight excluding hydrogens is 300 g/mol. The molecule has 1 aliphatic carbocycles. The molecule has 1 heterocycles. The minimum absolute atomic E-state index is 0.0998. The van der Waals surface area contributed by atoms with E-state index >= 15 is 0 Å². The summed E-state index contributed by atoms with van der Waals surface area (Å²) < 4.78 is 1.69. The Hall–Kier alpha value is -0.920. The third kappa shape index (κ3) is 3.54. The van der Waals surface area contributed by atoms with Crippen molar-refractivity contribution in [2.45, 2.75) is 25.4 Å². The van der Waals surface area contributed by atoms with Crippen LogP contribution in [0.2, 0.25) is 0 Å². The van der Waals surface area contributed by atoms with Crippen LogP contribution in [0.5, 0.6) is 0 Å². The Morgan fingerprint density at radius 1 is 1.50 bits per heavy atom. The summed E-state index contributed by atoms with van der Waals surface area (Å²) in [4.78, 5) is 11.8. The highest BCUT2D eigenvalue weighted by molar-refractivity contribution is 9.10. The van der Waals surface area contributed by atoms with Gasteiger partial charge < -0.3 is 15.7 Å². The maximum atomic E-state index is 11.8. The summed E-state index contributed by atoms with van der Waals surface area (Å²) in [7, 11) is 0. The molecule has 1 saturated carbocycles. The molecule has 100 valence electrons. The predicted molar refractivity (Wildman–Crippen MR) is 72.8 cm³/mol. The van der Waals surface area contributed by atoms with Gasteiger partial charge in [0.25, 0.3) is 5.56 Å². The van der Waals surface area contributed by atoms with Crippen molar-refractivity contribution in [1.29, 1.82) is 0 Å². The Bertz CT molecular complexity index is 459. The summed E-state index contributed by atoms with van der Waals surface area (Å²) in [5.74, 6) is 0. The molecule has 3 N–H and O–H groups in total. The summed E-state index contributed by atoms with van der Waals surface area (Å²) in [6.45, 7) is 1.73. The number of aromatic nitrogens is 2. The fraction of sp³-hybridized carbons (Fsp3) is 0.636. The zero-order valence-electron chi connectivity index (χ0n) is 10.0. The second-order valence-corrected chi connectivity index (χ2v) is 5.07. The largest absolute Gasteiger partial charge is 0.394 e. The lowest BCUT2D eigenvalue weighted by atomic mass is 10.4. The van der Waals surface area contributed by atoms with Gasteiger partial charge in [0, 0.05) is 19.1 Å². The first-order valence-corrected chi connectivity index (χ1v) is 6.85. The zero-order chi connectivity index (χ0) is 13.0. The van der Waals surface area contributed by atoms with Crippen LogP contribution in [0, 0.1) is 0 Å². The van der Waals surface area contributed by atoms with Gasteiger partial charge in [0.05, 0.1) is 25.0 Å². The molecule has 1 fully saturated rings. The van der Waals surface area contributed by atoms with Gasteiger partial charge in [0.2, 0.25) is 0 Å². The number of hydrogen-bond donors (Lipinski definition) is 3. The minimum Gasteiger partial charge on any atom is -0.394 e. The summed E-state index contributed by atoms with van der Waals surface area (Å²) in [5, 5.41) is 19.3. The second kappa shape index (κ2) is 6.31. The minimum atomic E-state index is -0.232. The van der Waals surface area contributed by atoms with Crippen molar-refractivity contribution in [2.75, 3.05) is 25.0 Å². The summed E-state index contributed by atoms with van der Waals surface area (Å²) in [6.07, 6.45) is 4.13. The maximum Gasteiger partial charge on any atom is 0.283 e. The first-order valence-electron chi connectivity index (χ1n) is 6.06. The van der Waals surface area contributed by atoms with Gasteiger partial charge in [-0.1, -0.05) is 0 Å².